The van der Waals surface area contributed by atoms with Crippen molar-refractivity contribution in [3.05, 3.63) is 64.5 Å². The van der Waals surface area contributed by atoms with Gasteiger partial charge in [0.05, 0.1) is 5.69 Å². The maximum Gasteiger partial charge on any atom is 0.341 e. The van der Waals surface area contributed by atoms with Crippen molar-refractivity contribution in [1.82, 2.24) is 10.3 Å². The number of anilines is 1. The van der Waals surface area contributed by atoms with Crippen LogP contribution in [0.2, 0.25) is 0 Å². The first-order valence-electron chi connectivity index (χ1n) is 10.6. The standard InChI is InChI=1S/C24H29N3O3/c1-4-15-12-18(23(29)30)22(28)26-21(15)16-6-8-17(9-7-16)27-13-19-20(25-3)10-11-24(19,5-2)14-27/h5-9,12,19-20,25H,2,4,10-11,13-14H2,1,3H3,(H,26,28)(H,29,30). The maximum absolute atomic E-state index is 12.2. The summed E-state index contributed by atoms with van der Waals surface area (Å²) < 4.78 is 0. The number of fused-ring (bicyclic) bond motifs is 1. The molecular weight excluding hydrogens is 378 g/mol. The van der Waals surface area contributed by atoms with Crippen LogP contribution in [0.15, 0.2) is 47.8 Å². The zero-order chi connectivity index (χ0) is 21.5. The molecule has 1 aromatic heterocycles. The molecule has 0 bridgehead atoms. The molecule has 1 aliphatic heterocycles. The average Bonchev–Trinajstić information content (AvgIpc) is 3.29. The monoisotopic (exact) mass is 407 g/mol. The summed E-state index contributed by atoms with van der Waals surface area (Å²) in [7, 11) is 2.04. The third kappa shape index (κ3) is 3.25. The second kappa shape index (κ2) is 7.76. The van der Waals surface area contributed by atoms with Crippen molar-refractivity contribution in [2.24, 2.45) is 11.3 Å². The average molecular weight is 408 g/mol. The lowest BCUT2D eigenvalue weighted by atomic mass is 9.80. The highest BCUT2D eigenvalue weighted by molar-refractivity contribution is 5.88. The minimum atomic E-state index is -1.21. The molecule has 2 fully saturated rings. The first-order chi connectivity index (χ1) is 14.4. The van der Waals surface area contributed by atoms with Gasteiger partial charge in [0.1, 0.15) is 5.56 Å². The second-order valence-electron chi connectivity index (χ2n) is 8.48. The highest BCUT2D eigenvalue weighted by atomic mass is 16.4. The van der Waals surface area contributed by atoms with Crippen molar-refractivity contribution in [2.75, 3.05) is 25.0 Å². The number of aromatic nitrogens is 1. The van der Waals surface area contributed by atoms with Crippen LogP contribution in [-0.4, -0.2) is 42.2 Å². The zero-order valence-electron chi connectivity index (χ0n) is 17.6. The lowest BCUT2D eigenvalue weighted by Gasteiger charge is -2.26. The lowest BCUT2D eigenvalue weighted by Crippen LogP contribution is -2.35. The van der Waals surface area contributed by atoms with Crippen LogP contribution < -0.4 is 15.8 Å². The fourth-order valence-corrected chi connectivity index (χ4v) is 5.34. The van der Waals surface area contributed by atoms with Gasteiger partial charge < -0.3 is 20.3 Å². The number of carboxylic acids is 1. The topological polar surface area (TPSA) is 85.4 Å². The van der Waals surface area contributed by atoms with Gasteiger partial charge in [-0.25, -0.2) is 4.79 Å². The molecule has 1 aromatic carbocycles. The van der Waals surface area contributed by atoms with Crippen molar-refractivity contribution < 1.29 is 9.90 Å². The maximum atomic E-state index is 12.2. The summed E-state index contributed by atoms with van der Waals surface area (Å²) in [5.41, 5.74) is 2.93. The number of carbonyl (C=O) groups is 1. The molecule has 0 spiro atoms. The van der Waals surface area contributed by atoms with Crippen LogP contribution in [0.1, 0.15) is 35.7 Å². The van der Waals surface area contributed by atoms with E-state index in [2.05, 4.69) is 40.0 Å². The van der Waals surface area contributed by atoms with Crippen molar-refractivity contribution in [3.63, 3.8) is 0 Å². The van der Waals surface area contributed by atoms with Gasteiger partial charge in [0, 0.05) is 36.2 Å². The van der Waals surface area contributed by atoms with Gasteiger partial charge in [-0.05, 0) is 55.6 Å². The van der Waals surface area contributed by atoms with Crippen LogP contribution in [0.25, 0.3) is 11.3 Å². The highest BCUT2D eigenvalue weighted by Crippen LogP contribution is 2.50. The fourth-order valence-electron chi connectivity index (χ4n) is 5.34. The molecule has 1 saturated carbocycles. The molecule has 2 aromatic rings. The van der Waals surface area contributed by atoms with Gasteiger partial charge in [0.25, 0.3) is 5.56 Å². The van der Waals surface area contributed by atoms with Crippen molar-refractivity contribution in [3.8, 4) is 11.3 Å². The van der Waals surface area contributed by atoms with E-state index >= 15 is 0 Å². The Hall–Kier alpha value is -2.86. The molecule has 2 aliphatic rings. The molecule has 3 atom stereocenters. The van der Waals surface area contributed by atoms with Gasteiger partial charge >= 0.3 is 5.97 Å². The van der Waals surface area contributed by atoms with Gasteiger partial charge in [-0.3, -0.25) is 4.79 Å². The van der Waals surface area contributed by atoms with Gasteiger partial charge in [-0.1, -0.05) is 25.1 Å². The third-order valence-corrected chi connectivity index (χ3v) is 7.08. The molecular formula is C24H29N3O3. The summed E-state index contributed by atoms with van der Waals surface area (Å²) in [6, 6.07) is 10.2. The Morgan fingerprint density at radius 2 is 2.13 bits per heavy atom. The molecule has 6 nitrogen and oxygen atoms in total. The molecule has 1 aliphatic carbocycles. The SMILES string of the molecule is C=CC12CCC(NC)C1CN(c1ccc(-c3[nH]c(=O)c(C(=O)O)cc3CC)cc1)C2. The van der Waals surface area contributed by atoms with Gasteiger partial charge in [-0.15, -0.1) is 6.58 Å². The van der Waals surface area contributed by atoms with Crippen molar-refractivity contribution >= 4 is 11.7 Å². The van der Waals surface area contributed by atoms with E-state index in [0.29, 0.717) is 24.1 Å². The summed E-state index contributed by atoms with van der Waals surface area (Å²) in [6.07, 6.45) is 5.15. The highest BCUT2D eigenvalue weighted by Gasteiger charge is 2.51. The molecule has 4 rings (SSSR count). The number of pyridine rings is 1. The number of hydrogen-bond donors (Lipinski definition) is 3. The van der Waals surface area contributed by atoms with E-state index in [1.807, 2.05) is 26.1 Å². The quantitative estimate of drug-likeness (QED) is 0.640. The number of nitrogens with one attached hydrogen (secondary N) is 2. The fraction of sp³-hybridized carbons (Fsp3) is 0.417. The third-order valence-electron chi connectivity index (χ3n) is 7.08. The number of benzene rings is 1. The van der Waals surface area contributed by atoms with E-state index in [1.54, 1.807) is 0 Å². The predicted molar refractivity (Wildman–Crippen MR) is 119 cm³/mol. The van der Waals surface area contributed by atoms with E-state index < -0.39 is 11.5 Å². The molecule has 6 heteroatoms. The van der Waals surface area contributed by atoms with E-state index in [4.69, 9.17) is 0 Å². The van der Waals surface area contributed by atoms with Crippen LogP contribution >= 0.6 is 0 Å². The Morgan fingerprint density at radius 1 is 1.40 bits per heavy atom. The smallest absolute Gasteiger partial charge is 0.341 e. The molecule has 2 heterocycles. The number of nitrogens with zero attached hydrogens (tertiary/aromatic N) is 1. The number of aromatic amines is 1. The summed E-state index contributed by atoms with van der Waals surface area (Å²) in [6.45, 7) is 8.07. The van der Waals surface area contributed by atoms with Crippen molar-refractivity contribution in [1.29, 1.82) is 0 Å². The first-order valence-corrected chi connectivity index (χ1v) is 10.6. The van der Waals surface area contributed by atoms with Gasteiger partial charge in [0.15, 0.2) is 0 Å². The number of carboxylic acid groups (broad SMARTS) is 1. The molecule has 1 saturated heterocycles. The van der Waals surface area contributed by atoms with E-state index in [9.17, 15) is 14.7 Å². The minimum Gasteiger partial charge on any atom is -0.477 e. The number of H-pyrrole nitrogens is 1. The molecule has 158 valence electrons. The first kappa shape index (κ1) is 20.4. The van der Waals surface area contributed by atoms with Gasteiger partial charge in [0.2, 0.25) is 0 Å². The number of hydrogen-bond acceptors (Lipinski definition) is 4. The Balaban J connectivity index is 1.62. The summed E-state index contributed by atoms with van der Waals surface area (Å²) >= 11 is 0. The summed E-state index contributed by atoms with van der Waals surface area (Å²) in [4.78, 5) is 28.6. The molecule has 30 heavy (non-hydrogen) atoms. The molecule has 3 unspecified atom stereocenters. The Morgan fingerprint density at radius 3 is 2.73 bits per heavy atom. The molecule has 3 N–H and O–H groups in total. The summed E-state index contributed by atoms with van der Waals surface area (Å²) in [5.74, 6) is -0.644. The second-order valence-corrected chi connectivity index (χ2v) is 8.48. The molecule has 0 radical (unpaired) electrons. The number of aromatic carboxylic acids is 1. The van der Waals surface area contributed by atoms with Crippen LogP contribution in [0.5, 0.6) is 0 Å². The number of aryl methyl sites for hydroxylation is 1. The van der Waals surface area contributed by atoms with Crippen LogP contribution in [0.4, 0.5) is 5.69 Å². The largest absolute Gasteiger partial charge is 0.477 e. The Kier molecular flexibility index (Phi) is 5.28. The molecule has 0 amide bonds. The number of rotatable bonds is 6. The Bertz CT molecular complexity index is 1030. The van der Waals surface area contributed by atoms with E-state index in [0.717, 1.165) is 36.3 Å². The lowest BCUT2D eigenvalue weighted by molar-refractivity contribution is 0.0695. The predicted octanol–water partition coefficient (Wildman–Crippen LogP) is 3.29. The van der Waals surface area contributed by atoms with E-state index in [-0.39, 0.29) is 11.0 Å². The van der Waals surface area contributed by atoms with Crippen molar-refractivity contribution in [2.45, 2.75) is 32.2 Å². The van der Waals surface area contributed by atoms with Crippen LogP contribution in [-0.2, 0) is 6.42 Å². The Labute approximate surface area is 176 Å². The summed E-state index contributed by atoms with van der Waals surface area (Å²) in [5, 5.41) is 12.7. The zero-order valence-corrected chi connectivity index (χ0v) is 17.6. The van der Waals surface area contributed by atoms with Crippen LogP contribution in [0, 0.1) is 11.3 Å². The van der Waals surface area contributed by atoms with E-state index in [1.165, 1.54) is 12.5 Å². The van der Waals surface area contributed by atoms with Crippen LogP contribution in [0.3, 0.4) is 0 Å². The van der Waals surface area contributed by atoms with Gasteiger partial charge in [-0.2, -0.15) is 0 Å². The minimum absolute atomic E-state index is 0.166. The normalized spacial score (nSPS) is 25.3.